The minimum absolute atomic E-state index is 0.0169. The van der Waals surface area contributed by atoms with Gasteiger partial charge in [-0.05, 0) is 29.8 Å². The molecule has 184 valence electrons. The summed E-state index contributed by atoms with van der Waals surface area (Å²) in [4.78, 5) is 34.2. The number of para-hydroxylation sites is 1. The summed E-state index contributed by atoms with van der Waals surface area (Å²) in [6.07, 6.45) is -0.0405. The molecule has 0 aliphatic carbocycles. The summed E-state index contributed by atoms with van der Waals surface area (Å²) in [6.45, 7) is 0.0609. The number of hydrazone groups is 1. The number of carbonyl (C=O) groups excluding carboxylic acids is 2. The van der Waals surface area contributed by atoms with Gasteiger partial charge in [-0.1, -0.05) is 30.3 Å². The van der Waals surface area contributed by atoms with Gasteiger partial charge in [0.2, 0.25) is 5.96 Å². The molecular weight excluding hydrogens is 450 g/mol. The maximum absolute atomic E-state index is 12.7. The molecule has 1 fully saturated rings. The van der Waals surface area contributed by atoms with Crippen LogP contribution < -0.4 is 20.4 Å². The van der Waals surface area contributed by atoms with E-state index in [2.05, 4.69) is 20.8 Å². The molecule has 1 saturated heterocycles. The second-order valence-corrected chi connectivity index (χ2v) is 8.50. The summed E-state index contributed by atoms with van der Waals surface area (Å²) in [7, 11) is 5.50. The molecule has 35 heavy (non-hydrogen) atoms. The number of β-amino-alcohol motifs (C(OH)–C–C–N with tert-alkyl or cyclic N) is 1. The van der Waals surface area contributed by atoms with Crippen LogP contribution in [0.15, 0.2) is 64.7 Å². The number of hydrogen-bond acceptors (Lipinski definition) is 9. The molecule has 3 atom stereocenters. The molecule has 3 amide bonds. The number of rotatable bonds is 8. The molecule has 0 spiro atoms. The number of urea groups is 1. The highest BCUT2D eigenvalue weighted by atomic mass is 16.5. The Morgan fingerprint density at radius 3 is 2.60 bits per heavy atom. The van der Waals surface area contributed by atoms with Gasteiger partial charge in [0.15, 0.2) is 12.2 Å². The monoisotopic (exact) mass is 479 g/mol. The molecular formula is C24H29N7O4. The summed E-state index contributed by atoms with van der Waals surface area (Å²) < 4.78 is 5.64. The lowest BCUT2D eigenvalue weighted by Gasteiger charge is -2.36. The number of nitrogens with one attached hydrogen (secondary N) is 2. The molecule has 0 saturated carbocycles. The van der Waals surface area contributed by atoms with Crippen LogP contribution in [-0.2, 0) is 4.79 Å². The van der Waals surface area contributed by atoms with E-state index in [0.717, 1.165) is 11.3 Å². The molecule has 2 aliphatic heterocycles. The van der Waals surface area contributed by atoms with Crippen molar-refractivity contribution < 1.29 is 19.4 Å². The van der Waals surface area contributed by atoms with E-state index >= 15 is 0 Å². The fraction of sp³-hybridized carbons (Fsp3) is 0.333. The van der Waals surface area contributed by atoms with E-state index < -0.39 is 30.2 Å². The highest BCUT2D eigenvalue weighted by Gasteiger charge is 2.49. The third-order valence-corrected chi connectivity index (χ3v) is 5.74. The summed E-state index contributed by atoms with van der Waals surface area (Å²) in [5, 5.41) is 17.2. The number of carbonyl (C=O) groups is 2. The van der Waals surface area contributed by atoms with E-state index in [1.165, 1.54) is 4.90 Å². The first kappa shape index (κ1) is 24.0. The van der Waals surface area contributed by atoms with Gasteiger partial charge in [0.1, 0.15) is 18.5 Å². The van der Waals surface area contributed by atoms with E-state index in [1.54, 1.807) is 30.3 Å². The number of amides is 3. The van der Waals surface area contributed by atoms with Crippen molar-refractivity contribution in [2.45, 2.75) is 18.3 Å². The molecule has 2 heterocycles. The van der Waals surface area contributed by atoms with E-state index in [-0.39, 0.29) is 19.1 Å². The number of nitrogens with zero attached hydrogens (tertiary/aromatic N) is 5. The van der Waals surface area contributed by atoms with Gasteiger partial charge in [0, 0.05) is 26.8 Å². The Morgan fingerprint density at radius 2 is 1.91 bits per heavy atom. The maximum Gasteiger partial charge on any atom is 0.325 e. The van der Waals surface area contributed by atoms with E-state index in [9.17, 15) is 14.7 Å². The SMILES string of the molecule is CN(C)c1ccc(/C=N/NC2=NC3C(C(=O)NC(=O)N3C)N2CC(O)COc2ccccc2)cc1. The van der Waals surface area contributed by atoms with Crippen LogP contribution in [0, 0.1) is 0 Å². The normalized spacial score (nSPS) is 20.4. The molecule has 0 aromatic heterocycles. The van der Waals surface area contributed by atoms with Gasteiger partial charge in [-0.25, -0.2) is 15.2 Å². The quantitative estimate of drug-likeness (QED) is 0.376. The first-order valence-electron chi connectivity index (χ1n) is 11.2. The van der Waals surface area contributed by atoms with Gasteiger partial charge in [-0.3, -0.25) is 10.1 Å². The Bertz CT molecular complexity index is 1100. The van der Waals surface area contributed by atoms with E-state index in [4.69, 9.17) is 4.74 Å². The Labute approximate surface area is 203 Å². The molecule has 3 N–H and O–H groups in total. The Morgan fingerprint density at radius 1 is 1.20 bits per heavy atom. The fourth-order valence-corrected chi connectivity index (χ4v) is 3.83. The molecule has 3 unspecified atom stereocenters. The lowest BCUT2D eigenvalue weighted by molar-refractivity contribution is -0.127. The maximum atomic E-state index is 12.7. The van der Waals surface area contributed by atoms with Crippen LogP contribution in [0.25, 0.3) is 0 Å². The number of hydrogen-bond donors (Lipinski definition) is 3. The Balaban J connectivity index is 1.47. The average Bonchev–Trinajstić information content (AvgIpc) is 3.21. The summed E-state index contributed by atoms with van der Waals surface area (Å²) >= 11 is 0. The highest BCUT2D eigenvalue weighted by Crippen LogP contribution is 2.24. The number of guanidine groups is 1. The molecule has 11 nitrogen and oxygen atoms in total. The van der Waals surface area contributed by atoms with Crippen LogP contribution in [0.1, 0.15) is 5.56 Å². The summed E-state index contributed by atoms with van der Waals surface area (Å²) in [5.41, 5.74) is 4.81. The smallest absolute Gasteiger partial charge is 0.325 e. The molecule has 0 radical (unpaired) electrons. The number of imide groups is 1. The van der Waals surface area contributed by atoms with Crippen LogP contribution in [0.3, 0.4) is 0 Å². The number of ether oxygens (including phenoxy) is 1. The Kier molecular flexibility index (Phi) is 7.16. The molecule has 11 heteroatoms. The minimum Gasteiger partial charge on any atom is -0.491 e. The largest absolute Gasteiger partial charge is 0.491 e. The van der Waals surface area contributed by atoms with Crippen molar-refractivity contribution in [2.24, 2.45) is 10.1 Å². The van der Waals surface area contributed by atoms with Gasteiger partial charge in [-0.2, -0.15) is 5.10 Å². The van der Waals surface area contributed by atoms with Crippen LogP contribution in [-0.4, -0.2) is 91.6 Å². The third-order valence-electron chi connectivity index (χ3n) is 5.74. The van der Waals surface area contributed by atoms with Gasteiger partial charge in [0.05, 0.1) is 12.8 Å². The summed E-state index contributed by atoms with van der Waals surface area (Å²) in [5.74, 6) is 0.415. The molecule has 0 bridgehead atoms. The molecule has 4 rings (SSSR count). The lowest BCUT2D eigenvalue weighted by atomic mass is 10.1. The van der Waals surface area contributed by atoms with Crippen molar-refractivity contribution >= 4 is 29.8 Å². The topological polar surface area (TPSA) is 122 Å². The van der Waals surface area contributed by atoms with Crippen LogP contribution in [0.5, 0.6) is 5.75 Å². The van der Waals surface area contributed by atoms with Crippen LogP contribution in [0.4, 0.5) is 10.5 Å². The number of benzene rings is 2. The second-order valence-electron chi connectivity index (χ2n) is 8.50. The van der Waals surface area contributed by atoms with Gasteiger partial charge < -0.3 is 24.5 Å². The van der Waals surface area contributed by atoms with Crippen LogP contribution >= 0.6 is 0 Å². The fourth-order valence-electron chi connectivity index (χ4n) is 3.83. The van der Waals surface area contributed by atoms with Gasteiger partial charge >= 0.3 is 6.03 Å². The first-order chi connectivity index (χ1) is 16.8. The van der Waals surface area contributed by atoms with Gasteiger partial charge in [0.25, 0.3) is 5.91 Å². The standard InChI is InChI=1S/C24H29N7O4/c1-29(2)17-11-9-16(10-12-17)13-25-28-23-26-21-20(22(33)27-24(34)30(21)3)31(23)14-18(32)15-35-19-7-5-4-6-8-19/h4-13,18,20-21,32H,14-15H2,1-3H3,(H,26,28)(H,27,33,34)/b25-13+. The molecule has 2 aliphatic rings. The highest BCUT2D eigenvalue weighted by molar-refractivity contribution is 6.03. The predicted molar refractivity (Wildman–Crippen MR) is 132 cm³/mol. The molecule has 2 aromatic rings. The number of likely N-dealkylation sites (N-methyl/N-ethyl adjacent to an activating group) is 1. The molecule has 2 aromatic carbocycles. The second kappa shape index (κ2) is 10.4. The van der Waals surface area contributed by atoms with Crippen molar-refractivity contribution in [3.63, 3.8) is 0 Å². The van der Waals surface area contributed by atoms with Crippen LogP contribution in [0.2, 0.25) is 0 Å². The van der Waals surface area contributed by atoms with Crippen molar-refractivity contribution in [1.82, 2.24) is 20.5 Å². The van der Waals surface area contributed by atoms with Crippen molar-refractivity contribution in [3.8, 4) is 5.75 Å². The number of fused-ring (bicyclic) bond motifs is 1. The van der Waals surface area contributed by atoms with Gasteiger partial charge in [-0.15, -0.1) is 0 Å². The number of aliphatic hydroxyl groups is 1. The number of anilines is 1. The summed E-state index contributed by atoms with van der Waals surface area (Å²) in [6, 6.07) is 15.6. The average molecular weight is 480 g/mol. The van der Waals surface area contributed by atoms with E-state index in [0.29, 0.717) is 5.75 Å². The number of aliphatic imine (C=N–C) groups is 1. The number of aliphatic hydroxyl groups excluding tert-OH is 1. The van der Waals surface area contributed by atoms with Crippen molar-refractivity contribution in [2.75, 3.05) is 39.2 Å². The Hall–Kier alpha value is -4.12. The lowest BCUT2D eigenvalue weighted by Crippen LogP contribution is -2.64. The van der Waals surface area contributed by atoms with Crippen molar-refractivity contribution in [3.05, 3.63) is 60.2 Å². The van der Waals surface area contributed by atoms with Crippen molar-refractivity contribution in [1.29, 1.82) is 0 Å². The minimum atomic E-state index is -0.931. The third kappa shape index (κ3) is 5.52. The zero-order valence-corrected chi connectivity index (χ0v) is 19.8. The zero-order chi connectivity index (χ0) is 24.9. The predicted octanol–water partition coefficient (Wildman–Crippen LogP) is 0.664. The first-order valence-corrected chi connectivity index (χ1v) is 11.2. The van der Waals surface area contributed by atoms with E-state index in [1.807, 2.05) is 61.5 Å². The zero-order valence-electron chi connectivity index (χ0n) is 19.8.